The van der Waals surface area contributed by atoms with Crippen LogP contribution < -0.4 is 4.74 Å². The van der Waals surface area contributed by atoms with Crippen LogP contribution in [0.2, 0.25) is 5.02 Å². The Bertz CT molecular complexity index is 597. The van der Waals surface area contributed by atoms with Gasteiger partial charge in [0.2, 0.25) is 0 Å². The molecule has 4 heteroatoms. The molecule has 0 spiro atoms. The molecule has 0 saturated heterocycles. The molecule has 0 fully saturated rings. The van der Waals surface area contributed by atoms with Crippen LogP contribution in [0, 0.1) is 12.7 Å². The van der Waals surface area contributed by atoms with Crippen molar-refractivity contribution in [3.05, 3.63) is 58.4 Å². The minimum atomic E-state index is -0.716. The lowest BCUT2D eigenvalue weighted by Crippen LogP contribution is -1.95. The lowest BCUT2D eigenvalue weighted by molar-refractivity contribution is 0.198. The van der Waals surface area contributed by atoms with Crippen molar-refractivity contribution in [2.24, 2.45) is 0 Å². The molecule has 0 aliphatic rings. The number of hydrogen-bond donors (Lipinski definition) is 1. The smallest absolute Gasteiger partial charge is 0.166 e. The molecular weight excluding hydrogens is 267 g/mol. The predicted octanol–water partition coefficient (Wildman–Crippen LogP) is 4.63. The van der Waals surface area contributed by atoms with Gasteiger partial charge in [-0.05, 0) is 49.2 Å². The molecule has 0 aromatic heterocycles. The van der Waals surface area contributed by atoms with Crippen molar-refractivity contribution in [2.75, 3.05) is 0 Å². The van der Waals surface area contributed by atoms with Crippen LogP contribution in [-0.4, -0.2) is 5.11 Å². The lowest BCUT2D eigenvalue weighted by atomic mass is 10.1. The van der Waals surface area contributed by atoms with E-state index in [4.69, 9.17) is 16.3 Å². The van der Waals surface area contributed by atoms with E-state index in [1.165, 1.54) is 12.1 Å². The summed E-state index contributed by atoms with van der Waals surface area (Å²) in [5.41, 5.74) is 1.50. The van der Waals surface area contributed by atoms with Gasteiger partial charge in [-0.15, -0.1) is 0 Å². The maximum atomic E-state index is 13.8. The van der Waals surface area contributed by atoms with E-state index < -0.39 is 11.9 Å². The van der Waals surface area contributed by atoms with Crippen LogP contribution in [0.1, 0.15) is 24.2 Å². The largest absolute Gasteiger partial charge is 0.453 e. The Morgan fingerprint density at radius 2 is 1.84 bits per heavy atom. The Balaban J connectivity index is 2.28. The predicted molar refractivity (Wildman–Crippen MR) is 73.3 cm³/mol. The van der Waals surface area contributed by atoms with Gasteiger partial charge in [-0.2, -0.15) is 0 Å². The standard InChI is InChI=1S/C15H14ClFO2/c1-9-3-5-14(12(16)7-9)19-15-6-4-11(10(2)18)8-13(15)17/h3-8,10,18H,1-2H3/t10-/m0/s1. The monoisotopic (exact) mass is 280 g/mol. The average Bonchev–Trinajstić information content (AvgIpc) is 2.34. The number of halogens is 2. The summed E-state index contributed by atoms with van der Waals surface area (Å²) >= 11 is 6.03. The molecule has 0 unspecified atom stereocenters. The maximum absolute atomic E-state index is 13.8. The van der Waals surface area contributed by atoms with Crippen LogP contribution in [0.25, 0.3) is 0 Å². The normalized spacial score (nSPS) is 12.3. The first kappa shape index (κ1) is 13.8. The minimum absolute atomic E-state index is 0.0788. The fourth-order valence-electron chi connectivity index (χ4n) is 1.67. The van der Waals surface area contributed by atoms with E-state index in [2.05, 4.69) is 0 Å². The van der Waals surface area contributed by atoms with Gasteiger partial charge < -0.3 is 9.84 Å². The molecule has 0 radical (unpaired) electrons. The first-order valence-electron chi connectivity index (χ1n) is 5.89. The summed E-state index contributed by atoms with van der Waals surface area (Å²) < 4.78 is 19.3. The Morgan fingerprint density at radius 3 is 2.42 bits per heavy atom. The Kier molecular flexibility index (Phi) is 4.08. The SMILES string of the molecule is Cc1ccc(Oc2ccc([C@H](C)O)cc2F)c(Cl)c1. The highest BCUT2D eigenvalue weighted by Crippen LogP contribution is 2.32. The highest BCUT2D eigenvalue weighted by atomic mass is 35.5. The topological polar surface area (TPSA) is 29.5 Å². The Labute approximate surface area is 116 Å². The summed E-state index contributed by atoms with van der Waals surface area (Å²) in [5, 5.41) is 9.80. The van der Waals surface area contributed by atoms with Crippen LogP contribution in [0.3, 0.4) is 0 Å². The van der Waals surface area contributed by atoms with Crippen molar-refractivity contribution < 1.29 is 14.2 Å². The van der Waals surface area contributed by atoms with Crippen LogP contribution in [0.4, 0.5) is 4.39 Å². The molecule has 2 nitrogen and oxygen atoms in total. The molecule has 1 N–H and O–H groups in total. The molecule has 0 aliphatic heterocycles. The Hall–Kier alpha value is -1.58. The van der Waals surface area contributed by atoms with Crippen molar-refractivity contribution in [3.63, 3.8) is 0 Å². The van der Waals surface area contributed by atoms with Crippen molar-refractivity contribution in [2.45, 2.75) is 20.0 Å². The van der Waals surface area contributed by atoms with E-state index in [1.54, 1.807) is 25.1 Å². The lowest BCUT2D eigenvalue weighted by Gasteiger charge is -2.11. The highest BCUT2D eigenvalue weighted by molar-refractivity contribution is 6.32. The molecule has 100 valence electrons. The number of aliphatic hydroxyl groups is 1. The summed E-state index contributed by atoms with van der Waals surface area (Å²) in [4.78, 5) is 0. The van der Waals surface area contributed by atoms with Gasteiger partial charge in [0, 0.05) is 0 Å². The molecule has 19 heavy (non-hydrogen) atoms. The zero-order chi connectivity index (χ0) is 14.0. The van der Waals surface area contributed by atoms with Crippen molar-refractivity contribution >= 4 is 11.6 Å². The van der Waals surface area contributed by atoms with E-state index in [9.17, 15) is 9.50 Å². The first-order valence-corrected chi connectivity index (χ1v) is 6.26. The molecule has 0 amide bonds. The van der Waals surface area contributed by atoms with Gasteiger partial charge >= 0.3 is 0 Å². The van der Waals surface area contributed by atoms with Crippen LogP contribution in [0.15, 0.2) is 36.4 Å². The number of aryl methyl sites for hydroxylation is 1. The third kappa shape index (κ3) is 3.25. The van der Waals surface area contributed by atoms with E-state index in [-0.39, 0.29) is 5.75 Å². The van der Waals surface area contributed by atoms with Gasteiger partial charge in [0.15, 0.2) is 11.6 Å². The summed E-state index contributed by atoms with van der Waals surface area (Å²) in [6, 6.07) is 9.63. The third-order valence-corrected chi connectivity index (χ3v) is 3.04. The molecular formula is C15H14ClFO2. The van der Waals surface area contributed by atoms with E-state index in [0.717, 1.165) is 5.56 Å². The van der Waals surface area contributed by atoms with Gasteiger partial charge in [0.1, 0.15) is 5.75 Å². The van der Waals surface area contributed by atoms with Gasteiger partial charge in [-0.3, -0.25) is 0 Å². The number of benzene rings is 2. The molecule has 0 heterocycles. The fourth-order valence-corrected chi connectivity index (χ4v) is 1.94. The Morgan fingerprint density at radius 1 is 1.16 bits per heavy atom. The van der Waals surface area contributed by atoms with E-state index in [1.807, 2.05) is 13.0 Å². The van der Waals surface area contributed by atoms with Crippen molar-refractivity contribution in [3.8, 4) is 11.5 Å². The van der Waals surface area contributed by atoms with Gasteiger partial charge in [-0.1, -0.05) is 23.7 Å². The summed E-state index contributed by atoms with van der Waals surface area (Å²) in [7, 11) is 0. The molecule has 0 bridgehead atoms. The fraction of sp³-hybridized carbons (Fsp3) is 0.200. The number of ether oxygens (including phenoxy) is 1. The van der Waals surface area contributed by atoms with Crippen LogP contribution in [-0.2, 0) is 0 Å². The van der Waals surface area contributed by atoms with Crippen molar-refractivity contribution in [1.82, 2.24) is 0 Å². The number of hydrogen-bond acceptors (Lipinski definition) is 2. The highest BCUT2D eigenvalue weighted by Gasteiger charge is 2.10. The second-order valence-corrected chi connectivity index (χ2v) is 4.81. The minimum Gasteiger partial charge on any atom is -0.453 e. The molecule has 1 atom stereocenters. The quantitative estimate of drug-likeness (QED) is 0.888. The second kappa shape index (κ2) is 5.59. The zero-order valence-corrected chi connectivity index (χ0v) is 11.4. The first-order chi connectivity index (χ1) is 8.97. The van der Waals surface area contributed by atoms with E-state index >= 15 is 0 Å². The summed E-state index contributed by atoms with van der Waals surface area (Å²) in [6.45, 7) is 3.49. The average molecular weight is 281 g/mol. The van der Waals surface area contributed by atoms with E-state index in [0.29, 0.717) is 16.3 Å². The van der Waals surface area contributed by atoms with Crippen molar-refractivity contribution in [1.29, 1.82) is 0 Å². The van der Waals surface area contributed by atoms with Gasteiger partial charge in [0.05, 0.1) is 11.1 Å². The molecule has 2 rings (SSSR count). The number of aliphatic hydroxyl groups excluding tert-OH is 1. The maximum Gasteiger partial charge on any atom is 0.166 e. The van der Waals surface area contributed by atoms with Gasteiger partial charge in [0.25, 0.3) is 0 Å². The van der Waals surface area contributed by atoms with Gasteiger partial charge in [-0.25, -0.2) is 4.39 Å². The summed E-state index contributed by atoms with van der Waals surface area (Å²) in [6.07, 6.45) is -0.716. The number of rotatable bonds is 3. The molecule has 2 aromatic carbocycles. The molecule has 0 aliphatic carbocycles. The summed E-state index contributed by atoms with van der Waals surface area (Å²) in [5.74, 6) is -0.0545. The molecule has 2 aromatic rings. The van der Waals surface area contributed by atoms with Crippen LogP contribution in [0.5, 0.6) is 11.5 Å². The third-order valence-electron chi connectivity index (χ3n) is 2.75. The zero-order valence-electron chi connectivity index (χ0n) is 10.7. The second-order valence-electron chi connectivity index (χ2n) is 4.40. The molecule has 0 saturated carbocycles. The van der Waals surface area contributed by atoms with Crippen LogP contribution >= 0.6 is 11.6 Å².